The Bertz CT molecular complexity index is 1180. The molecule has 0 unspecified atom stereocenters. The van der Waals surface area contributed by atoms with E-state index in [0.717, 1.165) is 16.9 Å². The molecule has 3 aromatic rings. The fraction of sp³-hybridized carbons (Fsp3) is 0.304. The van der Waals surface area contributed by atoms with Crippen LogP contribution in [0.25, 0.3) is 11.3 Å². The number of amides is 2. The zero-order chi connectivity index (χ0) is 24.1. The number of ether oxygens (including phenoxy) is 2. The average Bonchev–Trinajstić information content (AvgIpc) is 3.42. The molecule has 0 radical (unpaired) electrons. The maximum Gasteiger partial charge on any atom is 0.341 e. The molecule has 0 fully saturated rings. The summed E-state index contributed by atoms with van der Waals surface area (Å²) in [5.41, 5.74) is 2.19. The van der Waals surface area contributed by atoms with Gasteiger partial charge in [0.1, 0.15) is 16.4 Å². The Balaban J connectivity index is 1.91. The van der Waals surface area contributed by atoms with Crippen molar-refractivity contribution >= 4 is 34.1 Å². The van der Waals surface area contributed by atoms with Gasteiger partial charge in [0.15, 0.2) is 0 Å². The van der Waals surface area contributed by atoms with Crippen molar-refractivity contribution in [2.75, 3.05) is 33.1 Å². The molecule has 0 saturated heterocycles. The summed E-state index contributed by atoms with van der Waals surface area (Å²) in [7, 11) is 4.82. The van der Waals surface area contributed by atoms with Gasteiger partial charge in [-0.2, -0.15) is 5.10 Å². The second-order valence-corrected chi connectivity index (χ2v) is 8.47. The topological polar surface area (TPSA) is 114 Å². The maximum absolute atomic E-state index is 12.9. The number of hydrogen-bond acceptors (Lipinski definition) is 7. The number of benzene rings is 1. The van der Waals surface area contributed by atoms with Crippen molar-refractivity contribution in [2.45, 2.75) is 20.3 Å². The van der Waals surface area contributed by atoms with Crippen molar-refractivity contribution in [3.05, 3.63) is 52.0 Å². The summed E-state index contributed by atoms with van der Waals surface area (Å²) >= 11 is 1.04. The van der Waals surface area contributed by atoms with Crippen LogP contribution in [0.5, 0.6) is 5.75 Å². The third-order valence-corrected chi connectivity index (χ3v) is 6.00. The molecule has 174 valence electrons. The highest BCUT2D eigenvalue weighted by molar-refractivity contribution is 7.18. The number of carbonyl (C=O) groups is 3. The second-order valence-electron chi connectivity index (χ2n) is 7.45. The quantitative estimate of drug-likeness (QED) is 0.482. The van der Waals surface area contributed by atoms with E-state index in [0.29, 0.717) is 28.3 Å². The van der Waals surface area contributed by atoms with Crippen molar-refractivity contribution in [3.63, 3.8) is 0 Å². The maximum atomic E-state index is 12.9. The van der Waals surface area contributed by atoms with E-state index in [1.165, 1.54) is 4.90 Å². The SMILES string of the molecule is CCCOC(=O)c1c(NC(=O)c2cc(-c3cccc(OC)c3)n[nH]2)sc(C(=O)N(C)C)c1C. The van der Waals surface area contributed by atoms with Gasteiger partial charge in [-0.05, 0) is 37.1 Å². The van der Waals surface area contributed by atoms with E-state index in [9.17, 15) is 14.4 Å². The first kappa shape index (κ1) is 24.0. The third kappa shape index (κ3) is 5.23. The second kappa shape index (κ2) is 10.3. The van der Waals surface area contributed by atoms with Gasteiger partial charge in [0.2, 0.25) is 0 Å². The van der Waals surface area contributed by atoms with E-state index in [2.05, 4.69) is 15.5 Å². The Morgan fingerprint density at radius 2 is 1.97 bits per heavy atom. The van der Waals surface area contributed by atoms with E-state index in [4.69, 9.17) is 9.47 Å². The van der Waals surface area contributed by atoms with Gasteiger partial charge in [-0.15, -0.1) is 11.3 Å². The van der Waals surface area contributed by atoms with Gasteiger partial charge in [-0.25, -0.2) is 4.79 Å². The summed E-state index contributed by atoms with van der Waals surface area (Å²) in [5, 5.41) is 9.91. The number of thiophene rings is 1. The van der Waals surface area contributed by atoms with Crippen molar-refractivity contribution < 1.29 is 23.9 Å². The van der Waals surface area contributed by atoms with Crippen LogP contribution in [0.4, 0.5) is 5.00 Å². The molecule has 0 spiro atoms. The zero-order valence-corrected chi connectivity index (χ0v) is 20.0. The van der Waals surface area contributed by atoms with Gasteiger partial charge < -0.3 is 19.7 Å². The predicted octanol–water partition coefficient (Wildman–Crippen LogP) is 3.98. The highest BCUT2D eigenvalue weighted by Crippen LogP contribution is 2.35. The average molecular weight is 471 g/mol. The number of H-pyrrole nitrogens is 1. The fourth-order valence-corrected chi connectivity index (χ4v) is 4.27. The molecule has 0 saturated carbocycles. The molecule has 0 aliphatic rings. The fourth-order valence-electron chi connectivity index (χ4n) is 3.06. The summed E-state index contributed by atoms with van der Waals surface area (Å²) in [6.07, 6.45) is 0.654. The van der Waals surface area contributed by atoms with E-state index in [-0.39, 0.29) is 28.8 Å². The van der Waals surface area contributed by atoms with Crippen LogP contribution in [0, 0.1) is 6.92 Å². The van der Waals surface area contributed by atoms with Crippen molar-refractivity contribution in [1.29, 1.82) is 0 Å². The van der Waals surface area contributed by atoms with Gasteiger partial charge in [-0.1, -0.05) is 19.1 Å². The molecule has 9 nitrogen and oxygen atoms in total. The molecule has 0 aliphatic heterocycles. The molecule has 2 amide bonds. The van der Waals surface area contributed by atoms with Crippen molar-refractivity contribution in [1.82, 2.24) is 15.1 Å². The number of rotatable bonds is 8. The highest BCUT2D eigenvalue weighted by atomic mass is 32.1. The summed E-state index contributed by atoms with van der Waals surface area (Å²) < 4.78 is 10.5. The van der Waals surface area contributed by atoms with Crippen LogP contribution in [0.1, 0.15) is 49.4 Å². The van der Waals surface area contributed by atoms with Crippen LogP contribution in [-0.4, -0.2) is 60.7 Å². The molecule has 10 heteroatoms. The molecule has 1 aromatic carbocycles. The summed E-state index contributed by atoms with van der Waals surface area (Å²) in [6, 6.07) is 8.90. The van der Waals surface area contributed by atoms with Crippen LogP contribution in [0.3, 0.4) is 0 Å². The molecule has 0 atom stereocenters. The molecule has 33 heavy (non-hydrogen) atoms. The predicted molar refractivity (Wildman–Crippen MR) is 126 cm³/mol. The van der Waals surface area contributed by atoms with Gasteiger partial charge in [0.05, 0.1) is 29.9 Å². The number of hydrogen-bond donors (Lipinski definition) is 2. The lowest BCUT2D eigenvalue weighted by Crippen LogP contribution is -2.21. The van der Waals surface area contributed by atoms with Gasteiger partial charge in [-0.3, -0.25) is 14.7 Å². The lowest BCUT2D eigenvalue weighted by atomic mass is 10.1. The monoisotopic (exact) mass is 470 g/mol. The van der Waals surface area contributed by atoms with Crippen molar-refractivity contribution in [2.24, 2.45) is 0 Å². The highest BCUT2D eigenvalue weighted by Gasteiger charge is 2.28. The molecule has 2 aromatic heterocycles. The van der Waals surface area contributed by atoms with Gasteiger partial charge >= 0.3 is 5.97 Å². The molecular weight excluding hydrogens is 444 g/mol. The van der Waals surface area contributed by atoms with E-state index >= 15 is 0 Å². The Kier molecular flexibility index (Phi) is 7.49. The lowest BCUT2D eigenvalue weighted by Gasteiger charge is -2.09. The third-order valence-electron chi connectivity index (χ3n) is 4.80. The normalized spacial score (nSPS) is 10.6. The van der Waals surface area contributed by atoms with Gasteiger partial charge in [0.25, 0.3) is 11.8 Å². The largest absolute Gasteiger partial charge is 0.497 e. The minimum absolute atomic E-state index is 0.180. The first-order chi connectivity index (χ1) is 15.8. The summed E-state index contributed by atoms with van der Waals surface area (Å²) in [4.78, 5) is 40.0. The Hall–Kier alpha value is -3.66. The van der Waals surface area contributed by atoms with Crippen LogP contribution in [0.15, 0.2) is 30.3 Å². The van der Waals surface area contributed by atoms with Crippen LogP contribution in [0.2, 0.25) is 0 Å². The number of esters is 1. The molecule has 0 bridgehead atoms. The first-order valence-electron chi connectivity index (χ1n) is 10.3. The number of aromatic nitrogens is 2. The zero-order valence-electron chi connectivity index (χ0n) is 19.1. The molecule has 2 heterocycles. The van der Waals surface area contributed by atoms with E-state index < -0.39 is 11.9 Å². The number of aromatic amines is 1. The summed E-state index contributed by atoms with van der Waals surface area (Å²) in [6.45, 7) is 3.79. The molecule has 2 N–H and O–H groups in total. The lowest BCUT2D eigenvalue weighted by molar-refractivity contribution is 0.0506. The van der Waals surface area contributed by atoms with E-state index in [1.54, 1.807) is 34.2 Å². The molecular formula is C23H26N4O5S. The first-order valence-corrected chi connectivity index (χ1v) is 11.1. The van der Waals surface area contributed by atoms with Crippen LogP contribution >= 0.6 is 11.3 Å². The smallest absolute Gasteiger partial charge is 0.341 e. The number of carbonyl (C=O) groups excluding carboxylic acids is 3. The Morgan fingerprint density at radius 3 is 2.64 bits per heavy atom. The number of nitrogens with one attached hydrogen (secondary N) is 2. The Morgan fingerprint density at radius 1 is 1.21 bits per heavy atom. The van der Waals surface area contributed by atoms with E-state index in [1.807, 2.05) is 31.2 Å². The number of anilines is 1. The molecule has 3 rings (SSSR count). The molecule has 0 aliphatic carbocycles. The van der Waals surface area contributed by atoms with Crippen LogP contribution in [-0.2, 0) is 4.74 Å². The van der Waals surface area contributed by atoms with Crippen molar-refractivity contribution in [3.8, 4) is 17.0 Å². The van der Waals surface area contributed by atoms with Crippen LogP contribution < -0.4 is 10.1 Å². The minimum atomic E-state index is -0.583. The van der Waals surface area contributed by atoms with Gasteiger partial charge in [0, 0.05) is 19.7 Å². The minimum Gasteiger partial charge on any atom is -0.497 e. The Labute approximate surface area is 195 Å². The number of methoxy groups -OCH3 is 1. The standard InChI is InChI=1S/C23H26N4O5S/c1-6-10-32-23(30)18-13(2)19(22(29)27(3)4)33-21(18)24-20(28)17-12-16(25-26-17)14-8-7-9-15(11-14)31-5/h7-9,11-12H,6,10H2,1-5H3,(H,24,28)(H,25,26). The summed E-state index contributed by atoms with van der Waals surface area (Å²) in [5.74, 6) is -0.667. The number of nitrogens with zero attached hydrogens (tertiary/aromatic N) is 2.